The molecule has 0 aliphatic rings. The summed E-state index contributed by atoms with van der Waals surface area (Å²) in [4.78, 5) is 11.1. The molecule has 0 saturated carbocycles. The van der Waals surface area contributed by atoms with Gasteiger partial charge in [-0.1, -0.05) is 11.6 Å². The zero-order valence-electron chi connectivity index (χ0n) is 11.8. The Morgan fingerprint density at radius 3 is 2.82 bits per heavy atom. The molecule has 8 heteroatoms. The average Bonchev–Trinajstić information content (AvgIpc) is 2.92. The molecule has 6 nitrogen and oxygen atoms in total. The molecule has 1 unspecified atom stereocenters. The van der Waals surface area contributed by atoms with E-state index < -0.39 is 11.0 Å². The number of rotatable bonds is 7. The fraction of sp³-hybridized carbons (Fsp3) is 0.286. The lowest BCUT2D eigenvalue weighted by atomic mass is 10.1. The molecule has 1 aromatic heterocycles. The van der Waals surface area contributed by atoms with Crippen molar-refractivity contribution in [1.29, 1.82) is 0 Å². The molecule has 0 aliphatic carbocycles. The summed E-state index contributed by atoms with van der Waals surface area (Å²) in [6.45, 7) is 0.510. The lowest BCUT2D eigenvalue weighted by Gasteiger charge is -2.14. The number of anilines is 1. The molecular formula is C14H15ClN2O4S. The standard InChI is InChI=1S/C14H15ClN2O4S/c1-21-8-9-6-10(17(19)20)2-3-11(9)16-7-12(18)13-4-5-14(15)22-13/h2-6,12,16,18H,7-8H2,1H3. The van der Waals surface area contributed by atoms with Crippen LogP contribution in [0.25, 0.3) is 0 Å². The highest BCUT2D eigenvalue weighted by atomic mass is 35.5. The Hall–Kier alpha value is -1.67. The Morgan fingerprint density at radius 2 is 2.23 bits per heavy atom. The number of non-ortho nitro benzene ring substituents is 1. The molecule has 118 valence electrons. The number of halogens is 1. The second kappa shape index (κ2) is 7.55. The maximum atomic E-state index is 10.8. The molecule has 1 aromatic carbocycles. The number of nitrogens with zero attached hydrogens (tertiary/aromatic N) is 1. The van der Waals surface area contributed by atoms with E-state index in [4.69, 9.17) is 16.3 Å². The van der Waals surface area contributed by atoms with E-state index in [2.05, 4.69) is 5.32 Å². The van der Waals surface area contributed by atoms with E-state index in [9.17, 15) is 15.2 Å². The number of aliphatic hydroxyl groups excluding tert-OH is 1. The van der Waals surface area contributed by atoms with Gasteiger partial charge in [0.15, 0.2) is 0 Å². The lowest BCUT2D eigenvalue weighted by Crippen LogP contribution is -2.12. The highest BCUT2D eigenvalue weighted by molar-refractivity contribution is 7.16. The van der Waals surface area contributed by atoms with E-state index in [0.29, 0.717) is 15.6 Å². The van der Waals surface area contributed by atoms with Crippen molar-refractivity contribution < 1.29 is 14.8 Å². The number of methoxy groups -OCH3 is 1. The molecule has 0 saturated heterocycles. The van der Waals surface area contributed by atoms with Crippen molar-refractivity contribution in [2.45, 2.75) is 12.7 Å². The van der Waals surface area contributed by atoms with Crippen LogP contribution in [0.3, 0.4) is 0 Å². The van der Waals surface area contributed by atoms with Crippen molar-refractivity contribution in [3.05, 3.63) is 55.2 Å². The minimum Gasteiger partial charge on any atom is -0.386 e. The number of ether oxygens (including phenoxy) is 1. The predicted molar refractivity (Wildman–Crippen MR) is 86.6 cm³/mol. The van der Waals surface area contributed by atoms with Crippen LogP contribution in [0.4, 0.5) is 11.4 Å². The van der Waals surface area contributed by atoms with Crippen LogP contribution in [0.1, 0.15) is 16.5 Å². The van der Waals surface area contributed by atoms with Gasteiger partial charge in [-0.15, -0.1) is 11.3 Å². The quantitative estimate of drug-likeness (QED) is 0.593. The van der Waals surface area contributed by atoms with Crippen LogP contribution in [0.5, 0.6) is 0 Å². The number of hydrogen-bond acceptors (Lipinski definition) is 6. The Balaban J connectivity index is 2.09. The van der Waals surface area contributed by atoms with Gasteiger partial charge in [-0.2, -0.15) is 0 Å². The van der Waals surface area contributed by atoms with Crippen molar-refractivity contribution in [1.82, 2.24) is 0 Å². The molecule has 0 fully saturated rings. The molecule has 0 radical (unpaired) electrons. The fourth-order valence-corrected chi connectivity index (χ4v) is 3.00. The average molecular weight is 343 g/mol. The van der Waals surface area contributed by atoms with E-state index in [1.807, 2.05) is 0 Å². The van der Waals surface area contributed by atoms with Crippen LogP contribution >= 0.6 is 22.9 Å². The van der Waals surface area contributed by atoms with E-state index in [0.717, 1.165) is 4.88 Å². The van der Waals surface area contributed by atoms with E-state index in [1.54, 1.807) is 18.2 Å². The first kappa shape index (κ1) is 16.7. The number of thiophene rings is 1. The van der Waals surface area contributed by atoms with Crippen molar-refractivity contribution >= 4 is 34.3 Å². The zero-order valence-corrected chi connectivity index (χ0v) is 13.4. The molecule has 0 amide bonds. The molecule has 2 rings (SSSR count). The summed E-state index contributed by atoms with van der Waals surface area (Å²) in [6, 6.07) is 7.98. The molecule has 0 spiro atoms. The van der Waals surface area contributed by atoms with Gasteiger partial charge in [0.1, 0.15) is 6.10 Å². The van der Waals surface area contributed by atoms with Crippen molar-refractivity contribution in [2.75, 3.05) is 19.0 Å². The first-order valence-corrected chi connectivity index (χ1v) is 7.64. The van der Waals surface area contributed by atoms with Crippen LogP contribution in [0.15, 0.2) is 30.3 Å². The first-order chi connectivity index (χ1) is 10.5. The largest absolute Gasteiger partial charge is 0.386 e. The van der Waals surface area contributed by atoms with Gasteiger partial charge >= 0.3 is 0 Å². The van der Waals surface area contributed by atoms with Gasteiger partial charge in [-0.25, -0.2) is 0 Å². The van der Waals surface area contributed by atoms with Gasteiger partial charge in [0, 0.05) is 41.9 Å². The van der Waals surface area contributed by atoms with Crippen LogP contribution in [-0.2, 0) is 11.3 Å². The molecule has 2 N–H and O–H groups in total. The first-order valence-electron chi connectivity index (χ1n) is 6.44. The van der Waals surface area contributed by atoms with Gasteiger partial charge in [-0.3, -0.25) is 10.1 Å². The number of nitrogens with one attached hydrogen (secondary N) is 1. The van der Waals surface area contributed by atoms with E-state index in [1.165, 1.54) is 30.6 Å². The van der Waals surface area contributed by atoms with Gasteiger partial charge in [-0.05, 0) is 18.2 Å². The zero-order chi connectivity index (χ0) is 16.1. The second-order valence-electron chi connectivity index (χ2n) is 4.57. The number of hydrogen-bond donors (Lipinski definition) is 2. The third kappa shape index (κ3) is 4.17. The SMILES string of the molecule is COCc1cc([N+](=O)[O-])ccc1NCC(O)c1ccc(Cl)s1. The molecule has 2 aromatic rings. The molecule has 1 atom stereocenters. The van der Waals surface area contributed by atoms with Crippen LogP contribution in [-0.4, -0.2) is 23.7 Å². The Morgan fingerprint density at radius 1 is 1.45 bits per heavy atom. The predicted octanol–water partition coefficient (Wildman–Crippen LogP) is 3.60. The van der Waals surface area contributed by atoms with Crippen molar-refractivity contribution in [3.63, 3.8) is 0 Å². The summed E-state index contributed by atoms with van der Waals surface area (Å²) >= 11 is 7.16. The minimum atomic E-state index is -0.705. The summed E-state index contributed by atoms with van der Waals surface area (Å²) in [7, 11) is 1.52. The maximum Gasteiger partial charge on any atom is 0.269 e. The number of nitro groups is 1. The number of nitro benzene ring substituents is 1. The monoisotopic (exact) mass is 342 g/mol. The minimum absolute atomic E-state index is 0.00295. The Bertz CT molecular complexity index is 662. The number of aliphatic hydroxyl groups is 1. The third-order valence-electron chi connectivity index (χ3n) is 3.01. The number of benzene rings is 1. The van der Waals surface area contributed by atoms with Gasteiger partial charge < -0.3 is 15.2 Å². The maximum absolute atomic E-state index is 10.8. The smallest absolute Gasteiger partial charge is 0.269 e. The molecule has 0 bridgehead atoms. The van der Waals surface area contributed by atoms with E-state index >= 15 is 0 Å². The second-order valence-corrected chi connectivity index (χ2v) is 6.32. The Labute approximate surface area is 136 Å². The van der Waals surface area contributed by atoms with Gasteiger partial charge in [0.05, 0.1) is 15.9 Å². The summed E-state index contributed by atoms with van der Waals surface area (Å²) in [6.07, 6.45) is -0.705. The van der Waals surface area contributed by atoms with E-state index in [-0.39, 0.29) is 18.8 Å². The summed E-state index contributed by atoms with van der Waals surface area (Å²) in [5, 5.41) is 24.0. The van der Waals surface area contributed by atoms with Gasteiger partial charge in [0.2, 0.25) is 0 Å². The molecule has 22 heavy (non-hydrogen) atoms. The Kier molecular flexibility index (Phi) is 5.73. The lowest BCUT2D eigenvalue weighted by molar-refractivity contribution is -0.384. The summed E-state index contributed by atoms with van der Waals surface area (Å²) < 4.78 is 5.67. The normalized spacial score (nSPS) is 12.1. The molecular weight excluding hydrogens is 328 g/mol. The van der Waals surface area contributed by atoms with Crippen LogP contribution in [0.2, 0.25) is 4.34 Å². The summed E-state index contributed by atoms with van der Waals surface area (Å²) in [5.41, 5.74) is 1.35. The summed E-state index contributed by atoms with van der Waals surface area (Å²) in [5.74, 6) is 0. The molecule has 1 heterocycles. The van der Waals surface area contributed by atoms with Crippen molar-refractivity contribution in [2.24, 2.45) is 0 Å². The highest BCUT2D eigenvalue weighted by Gasteiger charge is 2.14. The molecule has 0 aliphatic heterocycles. The van der Waals surface area contributed by atoms with Crippen LogP contribution < -0.4 is 5.32 Å². The van der Waals surface area contributed by atoms with Crippen molar-refractivity contribution in [3.8, 4) is 0 Å². The fourth-order valence-electron chi connectivity index (χ4n) is 1.96. The third-order valence-corrected chi connectivity index (χ3v) is 4.34. The van der Waals surface area contributed by atoms with Gasteiger partial charge in [0.25, 0.3) is 5.69 Å². The topological polar surface area (TPSA) is 84.6 Å². The highest BCUT2D eigenvalue weighted by Crippen LogP contribution is 2.28. The van der Waals surface area contributed by atoms with Crippen LogP contribution in [0, 0.1) is 10.1 Å².